The van der Waals surface area contributed by atoms with Crippen molar-refractivity contribution in [2.75, 3.05) is 0 Å². The maximum absolute atomic E-state index is 12.7. The summed E-state index contributed by atoms with van der Waals surface area (Å²) in [5.74, 6) is -1.74. The van der Waals surface area contributed by atoms with Crippen LogP contribution in [0.2, 0.25) is 0 Å². The van der Waals surface area contributed by atoms with Crippen molar-refractivity contribution in [3.8, 4) is 0 Å². The summed E-state index contributed by atoms with van der Waals surface area (Å²) in [5, 5.41) is 11.9. The molecule has 0 bridgehead atoms. The Kier molecular flexibility index (Phi) is 7.52. The topological polar surface area (TPSA) is 109 Å². The zero-order chi connectivity index (χ0) is 23.1. The second-order valence-electron chi connectivity index (χ2n) is 7.73. The van der Waals surface area contributed by atoms with Crippen LogP contribution in [0.4, 0.5) is 0 Å². The van der Waals surface area contributed by atoms with Crippen molar-refractivity contribution in [2.45, 2.75) is 31.8 Å². The highest BCUT2D eigenvalue weighted by Gasteiger charge is 2.18. The number of carboxylic acids is 1. The molecule has 2 atom stereocenters. The number of amides is 1. The molecule has 0 fully saturated rings. The standard InChI is InChI=1S/C26H26N2O4/c1-17(21-11-6-12-22(15-21)24(29)20-9-3-2-4-10-20)25(30)28-16-19-8-5-7-18(13-19)14-23(27)26(31)32/h2-13,15,17,23H,14,16,27H2,1H3,(H,28,30)(H,31,32)/t17?,23-/m0/s1. The van der Waals surface area contributed by atoms with Crippen molar-refractivity contribution >= 4 is 17.7 Å². The number of carbonyl (C=O) groups is 3. The third kappa shape index (κ3) is 5.89. The van der Waals surface area contributed by atoms with Crippen molar-refractivity contribution in [2.24, 2.45) is 5.73 Å². The van der Waals surface area contributed by atoms with Gasteiger partial charge in [0.2, 0.25) is 5.91 Å². The molecule has 0 radical (unpaired) electrons. The van der Waals surface area contributed by atoms with Gasteiger partial charge in [-0.1, -0.05) is 72.8 Å². The van der Waals surface area contributed by atoms with Crippen LogP contribution in [0.1, 0.15) is 45.5 Å². The Morgan fingerprint density at radius 1 is 0.875 bits per heavy atom. The number of nitrogens with two attached hydrogens (primary N) is 1. The predicted molar refractivity (Wildman–Crippen MR) is 122 cm³/mol. The third-order valence-corrected chi connectivity index (χ3v) is 5.31. The Hall–Kier alpha value is -3.77. The fraction of sp³-hybridized carbons (Fsp3) is 0.192. The lowest BCUT2D eigenvalue weighted by Crippen LogP contribution is -2.32. The molecule has 32 heavy (non-hydrogen) atoms. The zero-order valence-electron chi connectivity index (χ0n) is 17.8. The molecule has 1 amide bonds. The van der Waals surface area contributed by atoms with Gasteiger partial charge in [-0.15, -0.1) is 0 Å². The largest absolute Gasteiger partial charge is 0.480 e. The van der Waals surface area contributed by atoms with Gasteiger partial charge in [0.15, 0.2) is 5.78 Å². The van der Waals surface area contributed by atoms with E-state index < -0.39 is 17.9 Å². The van der Waals surface area contributed by atoms with E-state index in [1.807, 2.05) is 48.5 Å². The van der Waals surface area contributed by atoms with E-state index in [1.54, 1.807) is 37.3 Å². The van der Waals surface area contributed by atoms with Crippen LogP contribution in [0.25, 0.3) is 0 Å². The zero-order valence-corrected chi connectivity index (χ0v) is 17.8. The van der Waals surface area contributed by atoms with Gasteiger partial charge in [-0.05, 0) is 36.1 Å². The number of carbonyl (C=O) groups excluding carboxylic acids is 2. The summed E-state index contributed by atoms with van der Waals surface area (Å²) >= 11 is 0. The molecule has 4 N–H and O–H groups in total. The van der Waals surface area contributed by atoms with E-state index in [0.717, 1.165) is 16.7 Å². The van der Waals surface area contributed by atoms with Crippen LogP contribution in [0, 0.1) is 0 Å². The van der Waals surface area contributed by atoms with Gasteiger partial charge in [-0.25, -0.2) is 0 Å². The summed E-state index contributed by atoms with van der Waals surface area (Å²) in [6.07, 6.45) is 0.218. The van der Waals surface area contributed by atoms with E-state index in [9.17, 15) is 14.4 Å². The molecule has 164 valence electrons. The van der Waals surface area contributed by atoms with Crippen molar-refractivity contribution < 1.29 is 19.5 Å². The Bertz CT molecular complexity index is 1110. The molecule has 3 aromatic rings. The first-order valence-corrected chi connectivity index (χ1v) is 10.4. The predicted octanol–water partition coefficient (Wildman–Crippen LogP) is 3.29. The summed E-state index contributed by atoms with van der Waals surface area (Å²) < 4.78 is 0. The number of hydrogen-bond donors (Lipinski definition) is 3. The smallest absolute Gasteiger partial charge is 0.320 e. The van der Waals surface area contributed by atoms with Gasteiger partial charge in [0.1, 0.15) is 6.04 Å². The lowest BCUT2D eigenvalue weighted by atomic mass is 9.95. The van der Waals surface area contributed by atoms with Gasteiger partial charge in [-0.3, -0.25) is 14.4 Å². The molecule has 0 aromatic heterocycles. The summed E-state index contributed by atoms with van der Waals surface area (Å²) in [5.41, 5.74) is 9.15. The lowest BCUT2D eigenvalue weighted by Gasteiger charge is -2.14. The van der Waals surface area contributed by atoms with Gasteiger partial charge >= 0.3 is 5.97 Å². The van der Waals surface area contributed by atoms with E-state index in [4.69, 9.17) is 10.8 Å². The van der Waals surface area contributed by atoms with Crippen molar-refractivity contribution in [1.82, 2.24) is 5.32 Å². The maximum atomic E-state index is 12.7. The number of benzene rings is 3. The lowest BCUT2D eigenvalue weighted by molar-refractivity contribution is -0.138. The van der Waals surface area contributed by atoms with Crippen LogP contribution in [0.5, 0.6) is 0 Å². The molecule has 0 saturated carbocycles. The highest BCUT2D eigenvalue weighted by atomic mass is 16.4. The number of carboxylic acid groups (broad SMARTS) is 1. The summed E-state index contributed by atoms with van der Waals surface area (Å²) in [4.78, 5) is 36.4. The molecule has 0 saturated heterocycles. The molecule has 0 heterocycles. The van der Waals surface area contributed by atoms with Gasteiger partial charge in [0.05, 0.1) is 5.92 Å². The molecule has 0 aliphatic carbocycles. The number of aliphatic carboxylic acids is 1. The molecule has 3 aromatic carbocycles. The molecule has 0 spiro atoms. The SMILES string of the molecule is CC(C(=O)NCc1cccc(C[C@H](N)C(=O)O)c1)c1cccc(C(=O)c2ccccc2)c1. The quantitative estimate of drug-likeness (QED) is 0.451. The van der Waals surface area contributed by atoms with Crippen LogP contribution in [0.3, 0.4) is 0 Å². The molecular weight excluding hydrogens is 404 g/mol. The Labute approximate surface area is 187 Å². The van der Waals surface area contributed by atoms with E-state index in [1.165, 1.54) is 0 Å². The van der Waals surface area contributed by atoms with Gasteiger partial charge in [0, 0.05) is 17.7 Å². The normalized spacial score (nSPS) is 12.6. The van der Waals surface area contributed by atoms with Crippen LogP contribution in [-0.2, 0) is 22.6 Å². The maximum Gasteiger partial charge on any atom is 0.320 e. The minimum absolute atomic E-state index is 0.0866. The first-order valence-electron chi connectivity index (χ1n) is 10.4. The first-order chi connectivity index (χ1) is 15.3. The highest BCUT2D eigenvalue weighted by molar-refractivity contribution is 6.09. The third-order valence-electron chi connectivity index (χ3n) is 5.31. The minimum atomic E-state index is -1.05. The Balaban J connectivity index is 1.64. The Morgan fingerprint density at radius 2 is 1.53 bits per heavy atom. The summed E-state index contributed by atoms with van der Waals surface area (Å²) in [6, 6.07) is 22.5. The average molecular weight is 431 g/mol. The van der Waals surface area contributed by atoms with Crippen molar-refractivity contribution in [3.05, 3.63) is 107 Å². The molecule has 0 aliphatic rings. The molecule has 6 heteroatoms. The van der Waals surface area contributed by atoms with Gasteiger partial charge in [0.25, 0.3) is 0 Å². The average Bonchev–Trinajstić information content (AvgIpc) is 2.82. The highest BCUT2D eigenvalue weighted by Crippen LogP contribution is 2.19. The van der Waals surface area contributed by atoms with E-state index in [2.05, 4.69) is 5.32 Å². The summed E-state index contributed by atoms with van der Waals surface area (Å²) in [7, 11) is 0. The van der Waals surface area contributed by atoms with E-state index in [-0.39, 0.29) is 18.1 Å². The molecular formula is C26H26N2O4. The first kappa shape index (κ1) is 22.9. The van der Waals surface area contributed by atoms with E-state index in [0.29, 0.717) is 17.7 Å². The number of rotatable bonds is 9. The van der Waals surface area contributed by atoms with Crippen LogP contribution in [0.15, 0.2) is 78.9 Å². The van der Waals surface area contributed by atoms with Crippen molar-refractivity contribution in [1.29, 1.82) is 0 Å². The van der Waals surface area contributed by atoms with Crippen LogP contribution in [-0.4, -0.2) is 28.8 Å². The number of hydrogen-bond acceptors (Lipinski definition) is 4. The van der Waals surface area contributed by atoms with Gasteiger partial charge < -0.3 is 16.2 Å². The Morgan fingerprint density at radius 3 is 2.25 bits per heavy atom. The fourth-order valence-corrected chi connectivity index (χ4v) is 3.41. The number of ketones is 1. The fourth-order valence-electron chi connectivity index (χ4n) is 3.41. The van der Waals surface area contributed by atoms with Gasteiger partial charge in [-0.2, -0.15) is 0 Å². The molecule has 6 nitrogen and oxygen atoms in total. The summed E-state index contributed by atoms with van der Waals surface area (Å²) in [6.45, 7) is 2.10. The van der Waals surface area contributed by atoms with E-state index >= 15 is 0 Å². The van der Waals surface area contributed by atoms with Crippen molar-refractivity contribution in [3.63, 3.8) is 0 Å². The second kappa shape index (κ2) is 10.5. The van der Waals surface area contributed by atoms with Crippen LogP contribution < -0.4 is 11.1 Å². The molecule has 3 rings (SSSR count). The number of nitrogens with one attached hydrogen (secondary N) is 1. The molecule has 0 aliphatic heterocycles. The monoisotopic (exact) mass is 430 g/mol. The van der Waals surface area contributed by atoms with Crippen LogP contribution >= 0.6 is 0 Å². The minimum Gasteiger partial charge on any atom is -0.480 e. The second-order valence-corrected chi connectivity index (χ2v) is 7.73. The molecule has 1 unspecified atom stereocenters.